The number of rotatable bonds is 0. The first-order chi connectivity index (χ1) is 0. The summed E-state index contributed by atoms with van der Waals surface area (Å²) in [5.74, 6) is 0. The Balaban J connectivity index is 0. The molecule has 30 heavy (non-hydrogen) atoms. The Morgan fingerprint density at radius 2 is 0.0667 bits per heavy atom. The predicted octanol–water partition coefficient (Wildman–Crippen LogP) is -29.6. The van der Waals surface area contributed by atoms with Crippen molar-refractivity contribution in [3.05, 3.63) is 0 Å². The van der Waals surface area contributed by atoms with Crippen molar-refractivity contribution < 1.29 is 131 Å². The molecule has 0 aromatic carbocycles. The zero-order valence-electron chi connectivity index (χ0n) is 2.50. The molecule has 30 heteroatoms. The van der Waals surface area contributed by atoms with Crippen molar-refractivity contribution in [3.8, 4) is 0 Å². The van der Waals surface area contributed by atoms with Crippen LogP contribution in [0, 0.1) is 0 Å². The third kappa shape index (κ3) is 291. The molecule has 0 N–H and O–H groups in total. The molecule has 0 saturated carbocycles. The third-order valence-electron chi connectivity index (χ3n) is 0. The van der Waals surface area contributed by atoms with Crippen LogP contribution in [-0.2, 0) is 131 Å². The van der Waals surface area contributed by atoms with Crippen molar-refractivity contribution in [1.29, 1.82) is 0 Å². The fourth-order valence-electron chi connectivity index (χ4n) is 0. The third-order valence-corrected chi connectivity index (χ3v) is 0. The Kier molecular flexibility index (Phi) is 3440. The summed E-state index contributed by atoms with van der Waals surface area (Å²) in [5, 5.41) is 0. The molecule has 0 aliphatic heterocycles. The molecule has 0 unspecified atom stereocenters. The zero-order valence-corrected chi connectivity index (χ0v) is 14.8. The van der Waals surface area contributed by atoms with Gasteiger partial charge >= 0.3 is 0 Å². The maximum Gasteiger partial charge on any atom is 0.187 e. The first-order valence-corrected chi connectivity index (χ1v) is 0. The summed E-state index contributed by atoms with van der Waals surface area (Å²) < 4.78 is 0. The quantitative estimate of drug-likeness (QED) is 0.212. The second kappa shape index (κ2) is 311. The molecular formula is H75Al25Zr5. The van der Waals surface area contributed by atoms with E-state index in [1.807, 2.05) is 0 Å². The van der Waals surface area contributed by atoms with E-state index in [0.29, 0.717) is 0 Å². The molecule has 0 fully saturated rings. The summed E-state index contributed by atoms with van der Waals surface area (Å²) in [6.07, 6.45) is 0. The van der Waals surface area contributed by atoms with E-state index in [9.17, 15) is 0 Å². The van der Waals surface area contributed by atoms with Gasteiger partial charge in [0.05, 0.1) is 0 Å². The van der Waals surface area contributed by atoms with Gasteiger partial charge in [0.1, 0.15) is 0 Å². The molecule has 0 spiro atoms. The minimum absolute atomic E-state index is 0. The molecular weight excluding hydrogens is 1130 g/mol. The van der Waals surface area contributed by atoms with Crippen LogP contribution >= 0.6 is 0 Å². The molecule has 0 aromatic rings. The summed E-state index contributed by atoms with van der Waals surface area (Å²) in [4.78, 5) is 0. The van der Waals surface area contributed by atoms with Crippen molar-refractivity contribution in [2.75, 3.05) is 0 Å². The number of hydrogen-bond donors (Lipinski definition) is 0. The molecule has 0 saturated heterocycles. The molecule has 0 atom stereocenters. The van der Waals surface area contributed by atoms with Gasteiger partial charge in [-0.25, -0.2) is 0 Å². The fraction of sp³-hybridized carbons (Fsp3) is 0. The summed E-state index contributed by atoms with van der Waals surface area (Å²) in [5.41, 5.74) is 0. The van der Waals surface area contributed by atoms with Gasteiger partial charge in [-0.1, -0.05) is 0 Å². The standard InChI is InChI=1S/25Al.5Zr.75H. The Morgan fingerprint density at radius 1 is 0.0667 bits per heavy atom. The number of hydrogen-bond acceptors (Lipinski definition) is 0. The monoisotopic (exact) mass is 1200 g/mol. The van der Waals surface area contributed by atoms with Crippen LogP contribution in [0.4, 0.5) is 0 Å². The van der Waals surface area contributed by atoms with E-state index in [2.05, 4.69) is 0 Å². The average Bonchev–Trinajstić information content (AvgIpc) is 0. The molecule has 0 aliphatic rings. The van der Waals surface area contributed by atoms with Gasteiger partial charge < -0.3 is 0 Å². The summed E-state index contributed by atoms with van der Waals surface area (Å²) in [6.45, 7) is 0. The largest absolute Gasteiger partial charge is 0.187 e. The normalized spacial score (nSPS) is 0. The zero-order chi connectivity index (χ0) is 0. The van der Waals surface area contributed by atoms with E-state index in [1.54, 1.807) is 0 Å². The summed E-state index contributed by atoms with van der Waals surface area (Å²) in [6, 6.07) is 0. The summed E-state index contributed by atoms with van der Waals surface area (Å²) >= 11 is 0. The molecule has 0 amide bonds. The maximum atomic E-state index is 0. The molecule has 0 aromatic heterocycles. The average molecular weight is 1210 g/mol. The molecule has 0 bridgehead atoms. The van der Waals surface area contributed by atoms with Crippen LogP contribution in [0.5, 0.6) is 0 Å². The van der Waals surface area contributed by atoms with Gasteiger partial charge in [0.2, 0.25) is 0 Å². The molecule has 170 valence electrons. The minimum atomic E-state index is 0. The van der Waals surface area contributed by atoms with Crippen molar-refractivity contribution in [2.45, 2.75) is 0 Å². The fourth-order valence-corrected chi connectivity index (χ4v) is 0. The van der Waals surface area contributed by atoms with Gasteiger partial charge in [0.15, 0.2) is 434 Å². The van der Waals surface area contributed by atoms with Crippen molar-refractivity contribution in [1.82, 2.24) is 0 Å². The molecule has 0 heterocycles. The van der Waals surface area contributed by atoms with Crippen LogP contribution in [-0.4, -0.2) is 434 Å². The van der Waals surface area contributed by atoms with Gasteiger partial charge in [-0.15, -0.1) is 0 Å². The molecule has 0 nitrogen and oxygen atoms in total. The maximum absolute atomic E-state index is 0. The SMILES string of the molecule is [AlH3].[AlH3].[AlH3].[AlH3].[AlH3].[AlH3].[AlH3].[AlH3].[AlH3].[AlH3].[AlH3].[AlH3].[AlH3].[AlH3].[AlH3].[AlH3].[AlH3].[AlH3].[AlH3].[AlH3].[AlH3].[AlH3].[AlH3].[AlH3].[AlH3].[Zr].[Zr].[Zr].[Zr].[Zr]. The van der Waals surface area contributed by atoms with Gasteiger partial charge in [0, 0.05) is 131 Å². The Hall–Kier alpha value is 17.7. The van der Waals surface area contributed by atoms with E-state index >= 15 is 0 Å². The predicted molar refractivity (Wildman–Crippen MR) is 248 cm³/mol. The van der Waals surface area contributed by atoms with Crippen molar-refractivity contribution >= 4 is 434 Å². The summed E-state index contributed by atoms with van der Waals surface area (Å²) in [7, 11) is 0. The van der Waals surface area contributed by atoms with E-state index < -0.39 is 0 Å². The topological polar surface area (TPSA) is 0 Å². The van der Waals surface area contributed by atoms with E-state index in [4.69, 9.17) is 0 Å². The van der Waals surface area contributed by atoms with Crippen LogP contribution in [0.2, 0.25) is 0 Å². The minimum Gasteiger partial charge on any atom is 0 e. The second-order valence-corrected chi connectivity index (χ2v) is 0. The molecule has 0 rings (SSSR count). The van der Waals surface area contributed by atoms with Gasteiger partial charge in [0.25, 0.3) is 0 Å². The van der Waals surface area contributed by atoms with E-state index in [0.717, 1.165) is 0 Å². The van der Waals surface area contributed by atoms with Crippen molar-refractivity contribution in [3.63, 3.8) is 0 Å². The first kappa shape index (κ1) is 332. The van der Waals surface area contributed by atoms with Crippen LogP contribution in [0.15, 0.2) is 0 Å². The van der Waals surface area contributed by atoms with Crippen molar-refractivity contribution in [2.24, 2.45) is 0 Å². The smallest absolute Gasteiger partial charge is 0 e. The van der Waals surface area contributed by atoms with E-state index in [1.165, 1.54) is 0 Å². The van der Waals surface area contributed by atoms with E-state index in [-0.39, 0.29) is 565 Å². The Morgan fingerprint density at radius 3 is 0.0667 bits per heavy atom. The van der Waals surface area contributed by atoms with Crippen LogP contribution in [0.25, 0.3) is 0 Å². The van der Waals surface area contributed by atoms with Crippen LogP contribution < -0.4 is 0 Å². The Labute approximate surface area is 549 Å². The van der Waals surface area contributed by atoms with Crippen LogP contribution in [0.1, 0.15) is 0 Å². The van der Waals surface area contributed by atoms with Gasteiger partial charge in [-0.2, -0.15) is 0 Å². The Bertz CT molecular complexity index is 19.5. The first-order valence-electron chi connectivity index (χ1n) is 0. The van der Waals surface area contributed by atoms with Gasteiger partial charge in [-0.05, 0) is 0 Å². The second-order valence-electron chi connectivity index (χ2n) is 0. The van der Waals surface area contributed by atoms with Gasteiger partial charge in [-0.3, -0.25) is 0 Å². The molecule has 0 radical (unpaired) electrons. The van der Waals surface area contributed by atoms with Crippen LogP contribution in [0.3, 0.4) is 0 Å². The molecule has 0 aliphatic carbocycles.